The maximum Gasteiger partial charge on any atom is 0.209 e. The van der Waals surface area contributed by atoms with E-state index in [4.69, 9.17) is 5.41 Å². The molecule has 2 N–H and O–H groups in total. The first-order valence-corrected chi connectivity index (χ1v) is 4.47. The Bertz CT molecular complexity index is 437. The molecule has 11 heavy (non-hydrogen) atoms. The van der Waals surface area contributed by atoms with E-state index in [0.717, 1.165) is 23.5 Å². The summed E-state index contributed by atoms with van der Waals surface area (Å²) in [7, 11) is 0. The molecule has 4 heteroatoms. The van der Waals surface area contributed by atoms with E-state index in [1.807, 2.05) is 2.78 Å². The standard InChI is InChI=1S/C7H8IN3/c8-11-6-4-2-1-3-5(6)10-7(11)9/h3-4H,1-2H2,(H2,9,10). The molecule has 0 aromatic carbocycles. The lowest BCUT2D eigenvalue weighted by atomic mass is 10.2. The van der Waals surface area contributed by atoms with Crippen molar-refractivity contribution in [3.05, 3.63) is 16.3 Å². The van der Waals surface area contributed by atoms with Gasteiger partial charge < -0.3 is 4.98 Å². The third-order valence-corrected chi connectivity index (χ3v) is 2.79. The summed E-state index contributed by atoms with van der Waals surface area (Å²) in [6.45, 7) is 0. The highest BCUT2D eigenvalue weighted by atomic mass is 127. The van der Waals surface area contributed by atoms with E-state index in [1.54, 1.807) is 0 Å². The Balaban J connectivity index is 3.01. The fraction of sp³-hybridized carbons (Fsp3) is 0.286. The Labute approximate surface area is 77.4 Å². The number of aromatic nitrogens is 2. The van der Waals surface area contributed by atoms with Gasteiger partial charge >= 0.3 is 0 Å². The molecule has 3 nitrogen and oxygen atoms in total. The Kier molecular flexibility index (Phi) is 1.63. The van der Waals surface area contributed by atoms with Crippen LogP contribution < -0.4 is 16.3 Å². The summed E-state index contributed by atoms with van der Waals surface area (Å²) in [5, 5.41) is 9.71. The number of aromatic amines is 1. The van der Waals surface area contributed by atoms with Crippen molar-refractivity contribution in [3.63, 3.8) is 0 Å². The molecule has 0 unspecified atom stereocenters. The molecule has 0 saturated carbocycles. The summed E-state index contributed by atoms with van der Waals surface area (Å²) in [6, 6.07) is 0. The van der Waals surface area contributed by atoms with Crippen LogP contribution >= 0.6 is 22.9 Å². The van der Waals surface area contributed by atoms with Crippen LogP contribution in [-0.2, 0) is 0 Å². The van der Waals surface area contributed by atoms with E-state index in [-0.39, 0.29) is 0 Å². The monoisotopic (exact) mass is 261 g/mol. The first kappa shape index (κ1) is 7.15. The van der Waals surface area contributed by atoms with Gasteiger partial charge in [-0.15, -0.1) is 0 Å². The van der Waals surface area contributed by atoms with E-state index in [2.05, 4.69) is 40.0 Å². The molecule has 0 saturated heterocycles. The molecule has 1 heterocycles. The van der Waals surface area contributed by atoms with Gasteiger partial charge in [0, 0.05) is 0 Å². The van der Waals surface area contributed by atoms with Crippen LogP contribution in [-0.4, -0.2) is 7.76 Å². The lowest BCUT2D eigenvalue weighted by Crippen LogP contribution is -2.29. The van der Waals surface area contributed by atoms with E-state index < -0.39 is 0 Å². The molecule has 1 aliphatic carbocycles. The minimum atomic E-state index is 0.463. The number of hydrogen-bond donors (Lipinski definition) is 2. The van der Waals surface area contributed by atoms with E-state index in [1.165, 1.54) is 0 Å². The molecule has 0 amide bonds. The molecule has 1 aliphatic rings. The van der Waals surface area contributed by atoms with Crippen LogP contribution in [0, 0.1) is 5.41 Å². The van der Waals surface area contributed by atoms with Gasteiger partial charge in [-0.3, -0.25) is 8.19 Å². The van der Waals surface area contributed by atoms with Crippen LogP contribution in [0.5, 0.6) is 0 Å². The van der Waals surface area contributed by atoms with Crippen molar-refractivity contribution in [2.45, 2.75) is 12.8 Å². The lowest BCUT2D eigenvalue weighted by Gasteiger charge is -1.93. The summed E-state index contributed by atoms with van der Waals surface area (Å²) in [4.78, 5) is 3.00. The van der Waals surface area contributed by atoms with Gasteiger partial charge in [-0.25, -0.2) is 0 Å². The fourth-order valence-corrected chi connectivity index (χ4v) is 1.84. The number of nitrogens with zero attached hydrogens (tertiary/aromatic N) is 1. The molecule has 0 fully saturated rings. The number of rotatable bonds is 0. The number of H-pyrrole nitrogens is 1. The molecule has 1 aromatic heterocycles. The van der Waals surface area contributed by atoms with Crippen molar-refractivity contribution in [2.75, 3.05) is 0 Å². The zero-order chi connectivity index (χ0) is 7.84. The van der Waals surface area contributed by atoms with Crippen LogP contribution in [0.3, 0.4) is 0 Å². The maximum absolute atomic E-state index is 7.48. The molecule has 1 aromatic rings. The van der Waals surface area contributed by atoms with Crippen LogP contribution in [0.2, 0.25) is 0 Å². The molecule has 0 aliphatic heterocycles. The Morgan fingerprint density at radius 1 is 1.45 bits per heavy atom. The predicted octanol–water partition coefficient (Wildman–Crippen LogP) is -0.151. The second-order valence-electron chi connectivity index (χ2n) is 2.54. The van der Waals surface area contributed by atoms with Crippen LogP contribution in [0.15, 0.2) is 0 Å². The van der Waals surface area contributed by atoms with Crippen molar-refractivity contribution < 1.29 is 0 Å². The first-order valence-electron chi connectivity index (χ1n) is 3.51. The van der Waals surface area contributed by atoms with Gasteiger partial charge in [-0.05, 0) is 12.8 Å². The largest absolute Gasteiger partial charge is 0.324 e. The van der Waals surface area contributed by atoms with E-state index in [9.17, 15) is 0 Å². The van der Waals surface area contributed by atoms with Crippen molar-refractivity contribution in [2.24, 2.45) is 0 Å². The molecular weight excluding hydrogens is 253 g/mol. The minimum Gasteiger partial charge on any atom is -0.324 e. The molecule has 0 atom stereocenters. The van der Waals surface area contributed by atoms with Crippen LogP contribution in [0.4, 0.5) is 0 Å². The number of hydrogen-bond acceptors (Lipinski definition) is 1. The van der Waals surface area contributed by atoms with E-state index in [0.29, 0.717) is 5.62 Å². The van der Waals surface area contributed by atoms with Crippen LogP contribution in [0.1, 0.15) is 12.8 Å². The summed E-state index contributed by atoms with van der Waals surface area (Å²) < 4.78 is 1.84. The number of halogens is 1. The summed E-state index contributed by atoms with van der Waals surface area (Å²) in [5.41, 5.74) is 0.463. The topological polar surface area (TPSA) is 44.6 Å². The van der Waals surface area contributed by atoms with Crippen molar-refractivity contribution in [1.29, 1.82) is 5.41 Å². The Hall–Kier alpha value is -0.520. The molecule has 58 valence electrons. The minimum absolute atomic E-state index is 0.463. The Morgan fingerprint density at radius 3 is 2.91 bits per heavy atom. The highest BCUT2D eigenvalue weighted by Crippen LogP contribution is 1.93. The van der Waals surface area contributed by atoms with E-state index >= 15 is 0 Å². The van der Waals surface area contributed by atoms with Gasteiger partial charge in [0.05, 0.1) is 33.6 Å². The van der Waals surface area contributed by atoms with Crippen LogP contribution in [0.25, 0.3) is 12.2 Å². The molecule has 0 bridgehead atoms. The predicted molar refractivity (Wildman–Crippen MR) is 51.5 cm³/mol. The average molecular weight is 261 g/mol. The molecular formula is C7H8IN3. The van der Waals surface area contributed by atoms with Gasteiger partial charge in [0.25, 0.3) is 0 Å². The number of nitrogens with one attached hydrogen (secondary N) is 2. The van der Waals surface area contributed by atoms with Gasteiger partial charge in [-0.2, -0.15) is 0 Å². The van der Waals surface area contributed by atoms with Crippen molar-refractivity contribution in [1.82, 2.24) is 7.76 Å². The smallest absolute Gasteiger partial charge is 0.209 e. The summed E-state index contributed by atoms with van der Waals surface area (Å²) in [6.07, 6.45) is 6.48. The normalized spacial score (nSPS) is 15.0. The third-order valence-electron chi connectivity index (χ3n) is 1.79. The van der Waals surface area contributed by atoms with Gasteiger partial charge in [-0.1, -0.05) is 12.2 Å². The Morgan fingerprint density at radius 2 is 2.18 bits per heavy atom. The van der Waals surface area contributed by atoms with Gasteiger partial charge in [0.15, 0.2) is 0 Å². The summed E-state index contributed by atoms with van der Waals surface area (Å²) >= 11 is 2.13. The number of fused-ring (bicyclic) bond motifs is 1. The zero-order valence-corrected chi connectivity index (χ0v) is 8.05. The quantitative estimate of drug-likeness (QED) is 0.610. The van der Waals surface area contributed by atoms with Crippen molar-refractivity contribution in [3.8, 4) is 0 Å². The molecule has 0 spiro atoms. The first-order chi connectivity index (χ1) is 5.29. The van der Waals surface area contributed by atoms with Crippen molar-refractivity contribution >= 4 is 35.0 Å². The van der Waals surface area contributed by atoms with Gasteiger partial charge in [0.1, 0.15) is 0 Å². The highest BCUT2D eigenvalue weighted by Gasteiger charge is 1.98. The maximum atomic E-state index is 7.48. The fourth-order valence-electron chi connectivity index (χ4n) is 1.26. The lowest BCUT2D eigenvalue weighted by molar-refractivity contribution is 1.01. The SMILES string of the molecule is N=c1[nH]c2c(n1I)=CCCC=2. The second kappa shape index (κ2) is 2.51. The molecule has 0 radical (unpaired) electrons. The summed E-state index contributed by atoms with van der Waals surface area (Å²) in [5.74, 6) is 0. The molecule has 2 rings (SSSR count). The third kappa shape index (κ3) is 1.05. The number of imidazole rings is 1. The zero-order valence-electron chi connectivity index (χ0n) is 5.89. The second-order valence-corrected chi connectivity index (χ2v) is 3.50. The van der Waals surface area contributed by atoms with Gasteiger partial charge in [0.2, 0.25) is 5.62 Å². The highest BCUT2D eigenvalue weighted by molar-refractivity contribution is 14.1. The average Bonchev–Trinajstić information content (AvgIpc) is 2.30.